The van der Waals surface area contributed by atoms with Crippen molar-refractivity contribution < 1.29 is 24.9 Å². The number of nitrogens with zero attached hydrogens (tertiary/aromatic N) is 1. The van der Waals surface area contributed by atoms with Crippen molar-refractivity contribution in [2.24, 2.45) is 0 Å². The molecule has 132 valence electrons. The van der Waals surface area contributed by atoms with Gasteiger partial charge in [-0.3, -0.25) is 4.79 Å². The minimum atomic E-state index is -1.72. The lowest BCUT2D eigenvalue weighted by molar-refractivity contribution is -0.146. The number of fused-ring (bicyclic) bond motifs is 1. The molecule has 4 N–H and O–H groups in total. The number of nitrogens with one attached hydrogen (secondary N) is 1. The molecular formula is C19H16N2O5. The van der Waals surface area contributed by atoms with Gasteiger partial charge in [0.25, 0.3) is 5.91 Å². The number of carbonyl (C=O) groups is 2. The van der Waals surface area contributed by atoms with Crippen molar-refractivity contribution in [3.63, 3.8) is 0 Å². The number of aliphatic carboxylic acids is 1. The molecule has 0 saturated heterocycles. The second-order valence-corrected chi connectivity index (χ2v) is 5.72. The van der Waals surface area contributed by atoms with E-state index in [4.69, 9.17) is 5.11 Å². The highest BCUT2D eigenvalue weighted by Gasteiger charge is 2.18. The summed E-state index contributed by atoms with van der Waals surface area (Å²) < 4.78 is 0. The molecule has 0 aliphatic heterocycles. The first kappa shape index (κ1) is 17.4. The molecule has 1 atom stereocenters. The smallest absolute Gasteiger partial charge is 0.334 e. The SMILES string of the molecule is O=C(NC[C@@H](O)C(=O)O)c1ncc(-c2ccc3ccccc3c2)cc1O. The molecule has 0 aliphatic rings. The van der Waals surface area contributed by atoms with E-state index in [9.17, 15) is 19.8 Å². The van der Waals surface area contributed by atoms with Gasteiger partial charge in [-0.15, -0.1) is 0 Å². The maximum atomic E-state index is 12.0. The summed E-state index contributed by atoms with van der Waals surface area (Å²) in [7, 11) is 0. The van der Waals surface area contributed by atoms with Gasteiger partial charge in [0.05, 0.1) is 6.54 Å². The molecule has 0 saturated carbocycles. The van der Waals surface area contributed by atoms with Gasteiger partial charge >= 0.3 is 5.97 Å². The Hall–Kier alpha value is -3.45. The van der Waals surface area contributed by atoms with Crippen LogP contribution in [0.15, 0.2) is 54.7 Å². The number of hydrogen-bond acceptors (Lipinski definition) is 5. The van der Waals surface area contributed by atoms with E-state index in [0.29, 0.717) is 5.56 Å². The predicted octanol–water partition coefficient (Wildman–Crippen LogP) is 1.78. The highest BCUT2D eigenvalue weighted by atomic mass is 16.4. The average Bonchev–Trinajstić information content (AvgIpc) is 2.65. The van der Waals surface area contributed by atoms with E-state index in [1.54, 1.807) is 0 Å². The van der Waals surface area contributed by atoms with E-state index < -0.39 is 24.5 Å². The van der Waals surface area contributed by atoms with E-state index in [1.165, 1.54) is 12.3 Å². The third-order valence-corrected chi connectivity index (χ3v) is 3.91. The Bertz CT molecular complexity index is 987. The third-order valence-electron chi connectivity index (χ3n) is 3.91. The molecule has 1 amide bonds. The number of benzene rings is 2. The third kappa shape index (κ3) is 3.62. The van der Waals surface area contributed by atoms with Crippen LogP contribution in [0.4, 0.5) is 0 Å². The van der Waals surface area contributed by atoms with Gasteiger partial charge in [0.15, 0.2) is 11.8 Å². The standard InChI is InChI=1S/C19H16N2O5/c22-15-8-14(13-6-5-11-3-1-2-4-12(11)7-13)9-20-17(15)18(24)21-10-16(23)19(25)26/h1-9,16,22-23H,10H2,(H,21,24)(H,25,26)/t16-/m1/s1. The number of pyridine rings is 1. The van der Waals surface area contributed by atoms with Crippen LogP contribution in [0, 0.1) is 0 Å². The first-order valence-electron chi connectivity index (χ1n) is 7.83. The van der Waals surface area contributed by atoms with Crippen molar-refractivity contribution in [1.29, 1.82) is 0 Å². The van der Waals surface area contributed by atoms with Crippen LogP contribution < -0.4 is 5.32 Å². The van der Waals surface area contributed by atoms with Crippen LogP contribution in [0.1, 0.15) is 10.5 Å². The summed E-state index contributed by atoms with van der Waals surface area (Å²) >= 11 is 0. The largest absolute Gasteiger partial charge is 0.505 e. The van der Waals surface area contributed by atoms with E-state index in [2.05, 4.69) is 10.3 Å². The fraction of sp³-hybridized carbons (Fsp3) is 0.105. The molecule has 7 nitrogen and oxygen atoms in total. The van der Waals surface area contributed by atoms with E-state index >= 15 is 0 Å². The lowest BCUT2D eigenvalue weighted by Gasteiger charge is -2.10. The topological polar surface area (TPSA) is 120 Å². The highest BCUT2D eigenvalue weighted by Crippen LogP contribution is 2.27. The van der Waals surface area contributed by atoms with E-state index in [-0.39, 0.29) is 11.4 Å². The maximum Gasteiger partial charge on any atom is 0.334 e. The number of aromatic hydroxyl groups is 1. The number of aliphatic hydroxyl groups excluding tert-OH is 1. The fourth-order valence-electron chi connectivity index (χ4n) is 2.52. The van der Waals surface area contributed by atoms with Gasteiger partial charge in [-0.25, -0.2) is 9.78 Å². The molecule has 26 heavy (non-hydrogen) atoms. The van der Waals surface area contributed by atoms with Gasteiger partial charge in [0.2, 0.25) is 0 Å². The molecule has 0 unspecified atom stereocenters. The number of aliphatic hydroxyl groups is 1. The minimum absolute atomic E-state index is 0.243. The summed E-state index contributed by atoms with van der Waals surface area (Å²) in [6.07, 6.45) is -0.273. The maximum absolute atomic E-state index is 12.0. The summed E-state index contributed by atoms with van der Waals surface area (Å²) in [5, 5.41) is 32.2. The van der Waals surface area contributed by atoms with Crippen LogP contribution in [-0.2, 0) is 4.79 Å². The molecule has 0 spiro atoms. The van der Waals surface area contributed by atoms with Crippen molar-refractivity contribution in [1.82, 2.24) is 10.3 Å². The zero-order chi connectivity index (χ0) is 18.7. The van der Waals surface area contributed by atoms with Crippen LogP contribution in [0.2, 0.25) is 0 Å². The van der Waals surface area contributed by atoms with Crippen molar-refractivity contribution in [2.75, 3.05) is 6.54 Å². The van der Waals surface area contributed by atoms with Crippen molar-refractivity contribution in [3.05, 3.63) is 60.4 Å². The number of carboxylic acids is 1. The van der Waals surface area contributed by atoms with Gasteiger partial charge in [0.1, 0.15) is 5.75 Å². The Morgan fingerprint density at radius 3 is 2.46 bits per heavy atom. The summed E-state index contributed by atoms with van der Waals surface area (Å²) in [5.41, 5.74) is 1.22. The van der Waals surface area contributed by atoms with E-state index in [1.807, 2.05) is 42.5 Å². The minimum Gasteiger partial charge on any atom is -0.505 e. The average molecular weight is 352 g/mol. The zero-order valence-corrected chi connectivity index (χ0v) is 13.6. The van der Waals surface area contributed by atoms with Crippen LogP contribution in [0.3, 0.4) is 0 Å². The summed E-state index contributed by atoms with van der Waals surface area (Å²) in [4.78, 5) is 26.5. The van der Waals surface area contributed by atoms with E-state index in [0.717, 1.165) is 16.3 Å². The fourth-order valence-corrected chi connectivity index (χ4v) is 2.52. The Morgan fingerprint density at radius 2 is 1.77 bits per heavy atom. The normalized spacial score (nSPS) is 11.9. The molecule has 1 aromatic heterocycles. The van der Waals surface area contributed by atoms with Gasteiger partial charge in [-0.05, 0) is 28.5 Å². The van der Waals surface area contributed by atoms with Crippen LogP contribution in [0.5, 0.6) is 5.75 Å². The Kier molecular flexibility index (Phi) is 4.81. The zero-order valence-electron chi connectivity index (χ0n) is 13.6. The highest BCUT2D eigenvalue weighted by molar-refractivity contribution is 5.96. The van der Waals surface area contributed by atoms with Gasteiger partial charge in [0, 0.05) is 11.8 Å². The molecule has 0 bridgehead atoms. The monoisotopic (exact) mass is 352 g/mol. The lowest BCUT2D eigenvalue weighted by atomic mass is 10.0. The Labute approximate surface area is 148 Å². The molecule has 1 heterocycles. The first-order chi connectivity index (χ1) is 12.5. The summed E-state index contributed by atoms with van der Waals surface area (Å²) in [6.45, 7) is -0.484. The predicted molar refractivity (Wildman–Crippen MR) is 94.8 cm³/mol. The summed E-state index contributed by atoms with van der Waals surface area (Å²) in [6, 6.07) is 15.1. The molecule has 0 fully saturated rings. The number of aromatic nitrogens is 1. The van der Waals surface area contributed by atoms with Crippen molar-refractivity contribution in [3.8, 4) is 16.9 Å². The lowest BCUT2D eigenvalue weighted by Crippen LogP contribution is -2.36. The Balaban J connectivity index is 1.82. The summed E-state index contributed by atoms with van der Waals surface area (Å²) in [5.74, 6) is -2.56. The van der Waals surface area contributed by atoms with Gasteiger partial charge in [-0.2, -0.15) is 0 Å². The molecule has 3 aromatic rings. The molecule has 2 aromatic carbocycles. The van der Waals surface area contributed by atoms with Gasteiger partial charge < -0.3 is 20.6 Å². The van der Waals surface area contributed by atoms with Crippen LogP contribution >= 0.6 is 0 Å². The second kappa shape index (κ2) is 7.20. The number of carbonyl (C=O) groups excluding carboxylic acids is 1. The number of rotatable bonds is 5. The van der Waals surface area contributed by atoms with Crippen LogP contribution in [0.25, 0.3) is 21.9 Å². The second-order valence-electron chi connectivity index (χ2n) is 5.72. The van der Waals surface area contributed by atoms with Crippen LogP contribution in [-0.4, -0.2) is 44.8 Å². The molecule has 0 radical (unpaired) electrons. The van der Waals surface area contributed by atoms with Crippen molar-refractivity contribution >= 4 is 22.6 Å². The molecule has 7 heteroatoms. The number of carboxylic acid groups (broad SMARTS) is 1. The number of amides is 1. The first-order valence-corrected chi connectivity index (χ1v) is 7.83. The number of hydrogen-bond donors (Lipinski definition) is 4. The molecule has 0 aliphatic carbocycles. The molecule has 3 rings (SSSR count). The van der Waals surface area contributed by atoms with Gasteiger partial charge in [-0.1, -0.05) is 36.4 Å². The Morgan fingerprint density at radius 1 is 1.04 bits per heavy atom. The quantitative estimate of drug-likeness (QED) is 0.556. The van der Waals surface area contributed by atoms with Crippen molar-refractivity contribution in [2.45, 2.75) is 6.10 Å². The molecular weight excluding hydrogens is 336 g/mol.